The van der Waals surface area contributed by atoms with Crippen LogP contribution in [0.3, 0.4) is 0 Å². The van der Waals surface area contributed by atoms with Crippen LogP contribution in [0.4, 0.5) is 0 Å². The van der Waals surface area contributed by atoms with Crippen LogP contribution >= 0.6 is 11.8 Å². The zero-order valence-corrected chi connectivity index (χ0v) is 8.99. The van der Waals surface area contributed by atoms with Crippen LogP contribution in [0.5, 0.6) is 0 Å². The third kappa shape index (κ3) is 2.59. The number of rotatable bonds is 5. The van der Waals surface area contributed by atoms with Crippen molar-refractivity contribution in [1.82, 2.24) is 4.90 Å². The van der Waals surface area contributed by atoms with Crippen LogP contribution in [0.25, 0.3) is 0 Å². The molecule has 1 aliphatic rings. The summed E-state index contributed by atoms with van der Waals surface area (Å²) in [6.07, 6.45) is 4.30. The van der Waals surface area contributed by atoms with Crippen molar-refractivity contribution in [3.63, 3.8) is 0 Å². The number of thioether (sulfide) groups is 1. The molecule has 0 aromatic rings. The molecule has 2 amide bonds. The first-order chi connectivity index (χ1) is 7.07. The van der Waals surface area contributed by atoms with Gasteiger partial charge in [-0.05, 0) is 18.4 Å². The summed E-state index contributed by atoms with van der Waals surface area (Å²) in [5, 5.41) is 8.91. The summed E-state index contributed by atoms with van der Waals surface area (Å²) >= 11 is 1.48. The number of nitrogens with zero attached hydrogens (tertiary/aromatic N) is 1. The van der Waals surface area contributed by atoms with E-state index in [2.05, 4.69) is 0 Å². The highest BCUT2D eigenvalue weighted by Crippen LogP contribution is 2.14. The van der Waals surface area contributed by atoms with Gasteiger partial charge in [0.15, 0.2) is 0 Å². The van der Waals surface area contributed by atoms with Crippen LogP contribution in [0.1, 0.15) is 6.42 Å². The highest BCUT2D eigenvalue weighted by atomic mass is 32.2. The minimum absolute atomic E-state index is 0.273. The lowest BCUT2D eigenvalue weighted by molar-refractivity contribution is -0.153. The summed E-state index contributed by atoms with van der Waals surface area (Å²) in [6.45, 7) is 0. The lowest BCUT2D eigenvalue weighted by Gasteiger charge is -2.21. The zero-order chi connectivity index (χ0) is 11.4. The molecule has 0 aromatic heterocycles. The molecule has 0 fully saturated rings. The average molecular weight is 229 g/mol. The van der Waals surface area contributed by atoms with Crippen molar-refractivity contribution in [1.29, 1.82) is 0 Å². The van der Waals surface area contributed by atoms with Gasteiger partial charge in [-0.15, -0.1) is 0 Å². The molecule has 0 unspecified atom stereocenters. The smallest absolute Gasteiger partial charge is 0.326 e. The van der Waals surface area contributed by atoms with Crippen LogP contribution in [0.2, 0.25) is 0 Å². The van der Waals surface area contributed by atoms with Crippen LogP contribution in [-0.4, -0.2) is 45.8 Å². The molecule has 1 rings (SSSR count). The molecular formula is C9H11NO4S. The summed E-state index contributed by atoms with van der Waals surface area (Å²) in [5.41, 5.74) is 0. The number of aliphatic carboxylic acids is 1. The minimum atomic E-state index is -1.14. The normalized spacial score (nSPS) is 17.3. The van der Waals surface area contributed by atoms with Gasteiger partial charge in [-0.3, -0.25) is 14.5 Å². The fraction of sp³-hybridized carbons (Fsp3) is 0.444. The van der Waals surface area contributed by atoms with Crippen molar-refractivity contribution in [3.05, 3.63) is 12.2 Å². The van der Waals surface area contributed by atoms with E-state index in [0.717, 1.165) is 17.1 Å². The predicted octanol–water partition coefficient (Wildman–Crippen LogP) is 0.118. The molecule has 1 heterocycles. The second-order valence-corrected chi connectivity index (χ2v) is 4.00. The van der Waals surface area contributed by atoms with Gasteiger partial charge in [0.25, 0.3) is 11.8 Å². The highest BCUT2D eigenvalue weighted by Gasteiger charge is 2.35. The summed E-state index contributed by atoms with van der Waals surface area (Å²) < 4.78 is 0. The first-order valence-corrected chi connectivity index (χ1v) is 5.74. The molecule has 0 aromatic carbocycles. The SMILES string of the molecule is CSCC[C@H](C(=O)O)N1C(=O)C=CC1=O. The molecule has 0 radical (unpaired) electrons. The van der Waals surface area contributed by atoms with Crippen LogP contribution in [0.15, 0.2) is 12.2 Å². The van der Waals surface area contributed by atoms with Gasteiger partial charge >= 0.3 is 5.97 Å². The number of hydrogen-bond donors (Lipinski definition) is 1. The Bertz CT molecular complexity index is 308. The molecular weight excluding hydrogens is 218 g/mol. The van der Waals surface area contributed by atoms with E-state index < -0.39 is 23.8 Å². The molecule has 5 nitrogen and oxygen atoms in total. The fourth-order valence-electron chi connectivity index (χ4n) is 1.31. The third-order valence-corrected chi connectivity index (χ3v) is 2.68. The first kappa shape index (κ1) is 11.8. The maximum Gasteiger partial charge on any atom is 0.326 e. The van der Waals surface area contributed by atoms with E-state index in [-0.39, 0.29) is 6.42 Å². The standard InChI is InChI=1S/C9H11NO4S/c1-15-5-4-6(9(13)14)10-7(11)2-3-8(10)12/h2-3,6H,4-5H2,1H3,(H,13,14)/t6-/m1/s1. The zero-order valence-electron chi connectivity index (χ0n) is 8.17. The van der Waals surface area contributed by atoms with Gasteiger partial charge in [0.2, 0.25) is 0 Å². The number of carboxylic acid groups (broad SMARTS) is 1. The van der Waals surface area contributed by atoms with Gasteiger partial charge < -0.3 is 5.11 Å². The van der Waals surface area contributed by atoms with Crippen LogP contribution < -0.4 is 0 Å². The number of carbonyl (C=O) groups is 3. The maximum atomic E-state index is 11.2. The molecule has 1 aliphatic heterocycles. The number of hydrogen-bond acceptors (Lipinski definition) is 4. The second kappa shape index (κ2) is 4.97. The molecule has 0 saturated heterocycles. The van der Waals surface area contributed by atoms with Gasteiger partial charge in [0.1, 0.15) is 6.04 Å². The summed E-state index contributed by atoms with van der Waals surface area (Å²) in [6, 6.07) is -1.05. The Morgan fingerprint density at radius 1 is 1.47 bits per heavy atom. The first-order valence-electron chi connectivity index (χ1n) is 4.35. The number of carboxylic acids is 1. The third-order valence-electron chi connectivity index (χ3n) is 2.04. The Morgan fingerprint density at radius 2 is 2.00 bits per heavy atom. The number of carbonyl (C=O) groups excluding carboxylic acids is 2. The number of amides is 2. The quantitative estimate of drug-likeness (QED) is 0.678. The molecule has 0 bridgehead atoms. The van der Waals surface area contributed by atoms with Gasteiger partial charge in [-0.1, -0.05) is 0 Å². The number of imide groups is 1. The van der Waals surface area contributed by atoms with Gasteiger partial charge in [-0.25, -0.2) is 4.79 Å². The summed E-state index contributed by atoms with van der Waals surface area (Å²) in [5.74, 6) is -1.65. The maximum absolute atomic E-state index is 11.2. The van der Waals surface area contributed by atoms with Crippen molar-refractivity contribution in [3.8, 4) is 0 Å². The van der Waals surface area contributed by atoms with Gasteiger partial charge in [0, 0.05) is 12.2 Å². The molecule has 82 valence electrons. The second-order valence-electron chi connectivity index (χ2n) is 3.02. The molecule has 1 atom stereocenters. The van der Waals surface area contributed by atoms with E-state index in [1.54, 1.807) is 0 Å². The molecule has 1 N–H and O–H groups in total. The predicted molar refractivity (Wildman–Crippen MR) is 55.4 cm³/mol. The van der Waals surface area contributed by atoms with Crippen molar-refractivity contribution in [2.24, 2.45) is 0 Å². The van der Waals surface area contributed by atoms with E-state index in [9.17, 15) is 14.4 Å². The van der Waals surface area contributed by atoms with E-state index in [1.807, 2.05) is 6.26 Å². The van der Waals surface area contributed by atoms with Crippen molar-refractivity contribution < 1.29 is 19.5 Å². The minimum Gasteiger partial charge on any atom is -0.480 e. The molecule has 6 heteroatoms. The summed E-state index contributed by atoms with van der Waals surface area (Å²) in [4.78, 5) is 34.2. The van der Waals surface area contributed by atoms with Gasteiger partial charge in [-0.2, -0.15) is 11.8 Å². The Hall–Kier alpha value is -1.30. The van der Waals surface area contributed by atoms with Crippen molar-refractivity contribution >= 4 is 29.5 Å². The molecule has 0 saturated carbocycles. The van der Waals surface area contributed by atoms with Crippen LogP contribution in [-0.2, 0) is 14.4 Å². The van der Waals surface area contributed by atoms with Crippen molar-refractivity contribution in [2.75, 3.05) is 12.0 Å². The molecule has 0 aliphatic carbocycles. The van der Waals surface area contributed by atoms with Crippen molar-refractivity contribution in [2.45, 2.75) is 12.5 Å². The summed E-state index contributed by atoms with van der Waals surface area (Å²) in [7, 11) is 0. The molecule has 15 heavy (non-hydrogen) atoms. The van der Waals surface area contributed by atoms with Gasteiger partial charge in [0.05, 0.1) is 0 Å². The van der Waals surface area contributed by atoms with E-state index in [1.165, 1.54) is 11.8 Å². The average Bonchev–Trinajstić information content (AvgIpc) is 2.49. The van der Waals surface area contributed by atoms with E-state index >= 15 is 0 Å². The van der Waals surface area contributed by atoms with E-state index in [0.29, 0.717) is 5.75 Å². The Morgan fingerprint density at radius 3 is 2.40 bits per heavy atom. The highest BCUT2D eigenvalue weighted by molar-refractivity contribution is 7.98. The lowest BCUT2D eigenvalue weighted by atomic mass is 10.2. The fourth-order valence-corrected chi connectivity index (χ4v) is 1.77. The van der Waals surface area contributed by atoms with E-state index in [4.69, 9.17) is 5.11 Å². The Labute approximate surface area is 91.1 Å². The topological polar surface area (TPSA) is 74.7 Å². The largest absolute Gasteiger partial charge is 0.480 e. The Kier molecular flexibility index (Phi) is 3.90. The lowest BCUT2D eigenvalue weighted by Crippen LogP contribution is -2.45. The van der Waals surface area contributed by atoms with Crippen LogP contribution in [0, 0.1) is 0 Å². The molecule has 0 spiro atoms. The monoisotopic (exact) mass is 229 g/mol. The Balaban J connectivity index is 2.76.